The van der Waals surface area contributed by atoms with Crippen LogP contribution in [-0.2, 0) is 0 Å². The second kappa shape index (κ2) is 8.59. The number of nitro groups is 1. The Hall–Kier alpha value is -5.06. The van der Waals surface area contributed by atoms with E-state index in [4.69, 9.17) is 10.2 Å². The van der Waals surface area contributed by atoms with E-state index in [1.165, 1.54) is 18.2 Å². The van der Waals surface area contributed by atoms with Crippen molar-refractivity contribution in [2.45, 2.75) is 0 Å². The summed E-state index contributed by atoms with van der Waals surface area (Å²) in [4.78, 5) is 56.6. The van der Waals surface area contributed by atoms with E-state index >= 15 is 0 Å². The van der Waals surface area contributed by atoms with E-state index in [9.17, 15) is 39.5 Å². The molecule has 166 valence electrons. The summed E-state index contributed by atoms with van der Waals surface area (Å²) in [7, 11) is 0. The summed E-state index contributed by atoms with van der Waals surface area (Å²) in [5.74, 6) is -5.68. The van der Waals surface area contributed by atoms with E-state index < -0.39 is 45.6 Å². The molecule has 0 atom stereocenters. The molecule has 0 saturated carbocycles. The highest BCUT2D eigenvalue weighted by Crippen LogP contribution is 2.35. The number of hydrogen-bond donors (Lipinski definition) is 4. The smallest absolute Gasteiger partial charge is 0.336 e. The van der Waals surface area contributed by atoms with Gasteiger partial charge in [0.2, 0.25) is 0 Å². The fourth-order valence-electron chi connectivity index (χ4n) is 3.24. The van der Waals surface area contributed by atoms with Gasteiger partial charge in [-0.05, 0) is 52.6 Å². The number of nitro benzene ring substituents is 1. The first-order valence-corrected chi connectivity index (χ1v) is 9.01. The van der Waals surface area contributed by atoms with Crippen molar-refractivity contribution < 1.29 is 44.5 Å². The number of aromatic carboxylic acids is 4. The van der Waals surface area contributed by atoms with Gasteiger partial charge in [-0.2, -0.15) is 0 Å². The van der Waals surface area contributed by atoms with Crippen LogP contribution in [0.15, 0.2) is 54.6 Å². The number of hydrogen-bond acceptors (Lipinski definition) is 6. The lowest BCUT2D eigenvalue weighted by atomic mass is 9.91. The maximum Gasteiger partial charge on any atom is 0.336 e. The van der Waals surface area contributed by atoms with E-state index in [1.54, 1.807) is 0 Å². The number of carboxylic acids is 4. The average Bonchev–Trinajstić information content (AvgIpc) is 2.77. The summed E-state index contributed by atoms with van der Waals surface area (Å²) < 4.78 is 0. The van der Waals surface area contributed by atoms with Crippen LogP contribution in [0.5, 0.6) is 0 Å². The molecule has 0 heterocycles. The largest absolute Gasteiger partial charge is 0.478 e. The average molecular weight is 451 g/mol. The first kappa shape index (κ1) is 22.6. The second-order valence-corrected chi connectivity index (χ2v) is 6.77. The van der Waals surface area contributed by atoms with Gasteiger partial charge in [0.1, 0.15) is 0 Å². The topological polar surface area (TPSA) is 192 Å². The zero-order valence-corrected chi connectivity index (χ0v) is 16.4. The number of benzene rings is 3. The van der Waals surface area contributed by atoms with Gasteiger partial charge in [0, 0.05) is 12.1 Å². The predicted octanol–water partition coefficient (Wildman–Crippen LogP) is 3.72. The van der Waals surface area contributed by atoms with Gasteiger partial charge in [0.15, 0.2) is 0 Å². The molecule has 0 unspecified atom stereocenters. The van der Waals surface area contributed by atoms with Crippen molar-refractivity contribution in [3.63, 3.8) is 0 Å². The third-order valence-corrected chi connectivity index (χ3v) is 4.74. The van der Waals surface area contributed by atoms with Crippen LogP contribution in [0.25, 0.3) is 22.3 Å². The van der Waals surface area contributed by atoms with Crippen molar-refractivity contribution in [1.29, 1.82) is 0 Å². The van der Waals surface area contributed by atoms with Gasteiger partial charge in [-0.3, -0.25) is 10.1 Å². The molecule has 0 bridgehead atoms. The minimum absolute atomic E-state index is 0.0205. The van der Waals surface area contributed by atoms with E-state index in [1.807, 2.05) is 0 Å². The second-order valence-electron chi connectivity index (χ2n) is 6.77. The molecule has 11 nitrogen and oxygen atoms in total. The van der Waals surface area contributed by atoms with Crippen molar-refractivity contribution in [2.24, 2.45) is 0 Å². The quantitative estimate of drug-likeness (QED) is 0.304. The summed E-state index contributed by atoms with van der Waals surface area (Å²) in [5.41, 5.74) is -1.98. The SMILES string of the molecule is O=C(O)c1ccc(-c2cc(-c3ccc(C(=O)O)cc3C(=O)O)cc([N+](=O)[O-])c2)c(C(=O)O)c1. The summed E-state index contributed by atoms with van der Waals surface area (Å²) in [6.07, 6.45) is 0. The molecule has 0 saturated heterocycles. The summed E-state index contributed by atoms with van der Waals surface area (Å²) in [6, 6.07) is 9.88. The van der Waals surface area contributed by atoms with Gasteiger partial charge in [-0.1, -0.05) is 12.1 Å². The standard InChI is InChI=1S/C22H13NO10/c24-19(25)10-1-3-15(17(8-10)21(28)29)12-5-13(7-14(6-12)23(32)33)16-4-2-11(20(26)27)9-18(16)22(30)31/h1-9H,(H,24,25)(H,26,27)(H,28,29)(H,30,31). The predicted molar refractivity (Wildman–Crippen MR) is 112 cm³/mol. The lowest BCUT2D eigenvalue weighted by molar-refractivity contribution is -0.384. The van der Waals surface area contributed by atoms with Crippen molar-refractivity contribution >= 4 is 29.6 Å². The van der Waals surface area contributed by atoms with Crippen molar-refractivity contribution in [3.8, 4) is 22.3 Å². The fraction of sp³-hybridized carbons (Fsp3) is 0. The third-order valence-electron chi connectivity index (χ3n) is 4.74. The van der Waals surface area contributed by atoms with Crippen LogP contribution in [0.3, 0.4) is 0 Å². The molecule has 0 aliphatic carbocycles. The molecule has 0 aromatic heterocycles. The normalized spacial score (nSPS) is 10.4. The molecular weight excluding hydrogens is 438 g/mol. The number of nitrogens with zero attached hydrogens (tertiary/aromatic N) is 1. The van der Waals surface area contributed by atoms with Crippen LogP contribution in [0.4, 0.5) is 5.69 Å². The van der Waals surface area contributed by atoms with Crippen LogP contribution in [0.1, 0.15) is 41.4 Å². The molecule has 3 aromatic carbocycles. The molecule has 3 aromatic rings. The lowest BCUT2D eigenvalue weighted by Gasteiger charge is -2.12. The number of rotatable bonds is 7. The van der Waals surface area contributed by atoms with Crippen LogP contribution >= 0.6 is 0 Å². The molecule has 0 spiro atoms. The van der Waals surface area contributed by atoms with Crippen LogP contribution in [0, 0.1) is 10.1 Å². The first-order valence-electron chi connectivity index (χ1n) is 9.01. The monoisotopic (exact) mass is 451 g/mol. The van der Waals surface area contributed by atoms with Crippen molar-refractivity contribution in [1.82, 2.24) is 0 Å². The molecule has 0 fully saturated rings. The minimum Gasteiger partial charge on any atom is -0.478 e. The highest BCUT2D eigenvalue weighted by molar-refractivity contribution is 6.02. The fourth-order valence-corrected chi connectivity index (χ4v) is 3.24. The van der Waals surface area contributed by atoms with Gasteiger partial charge in [-0.25, -0.2) is 19.2 Å². The molecule has 4 N–H and O–H groups in total. The van der Waals surface area contributed by atoms with Gasteiger partial charge < -0.3 is 20.4 Å². The van der Waals surface area contributed by atoms with Gasteiger partial charge in [0.05, 0.1) is 27.2 Å². The van der Waals surface area contributed by atoms with E-state index in [2.05, 4.69) is 0 Å². The molecule has 0 amide bonds. The molecular formula is C22H13NO10. The summed E-state index contributed by atoms with van der Waals surface area (Å²) in [5, 5.41) is 48.8. The zero-order valence-electron chi connectivity index (χ0n) is 16.4. The molecule has 3 rings (SSSR count). The molecule has 11 heteroatoms. The summed E-state index contributed by atoms with van der Waals surface area (Å²) in [6.45, 7) is 0. The van der Waals surface area contributed by atoms with E-state index in [0.29, 0.717) is 0 Å². The Morgan fingerprint density at radius 3 is 1.30 bits per heavy atom. The molecule has 0 radical (unpaired) electrons. The van der Waals surface area contributed by atoms with Crippen LogP contribution < -0.4 is 0 Å². The maximum absolute atomic E-state index is 11.7. The summed E-state index contributed by atoms with van der Waals surface area (Å²) >= 11 is 0. The Kier molecular flexibility index (Phi) is 5.89. The minimum atomic E-state index is -1.47. The van der Waals surface area contributed by atoms with E-state index in [0.717, 1.165) is 36.4 Å². The molecule has 0 aliphatic rings. The van der Waals surface area contributed by atoms with Crippen LogP contribution in [-0.4, -0.2) is 49.2 Å². The Balaban J connectivity index is 2.32. The zero-order chi connectivity index (χ0) is 24.4. The number of carbonyl (C=O) groups is 4. The Labute approximate surface area is 183 Å². The first-order chi connectivity index (χ1) is 15.5. The van der Waals surface area contributed by atoms with Gasteiger partial charge in [0.25, 0.3) is 5.69 Å². The van der Waals surface area contributed by atoms with Gasteiger partial charge >= 0.3 is 23.9 Å². The van der Waals surface area contributed by atoms with Crippen molar-refractivity contribution in [2.75, 3.05) is 0 Å². The Morgan fingerprint density at radius 1 is 0.606 bits per heavy atom. The van der Waals surface area contributed by atoms with Crippen molar-refractivity contribution in [3.05, 3.63) is 87.0 Å². The highest BCUT2D eigenvalue weighted by atomic mass is 16.6. The number of non-ortho nitro benzene ring substituents is 1. The Morgan fingerprint density at radius 2 is 1.00 bits per heavy atom. The van der Waals surface area contributed by atoms with Crippen LogP contribution in [0.2, 0.25) is 0 Å². The van der Waals surface area contributed by atoms with E-state index in [-0.39, 0.29) is 33.4 Å². The Bertz CT molecular complexity index is 1270. The molecule has 33 heavy (non-hydrogen) atoms. The number of carboxylic acid groups (broad SMARTS) is 4. The molecule has 0 aliphatic heterocycles. The van der Waals surface area contributed by atoms with Gasteiger partial charge in [-0.15, -0.1) is 0 Å². The maximum atomic E-state index is 11.7. The lowest BCUT2D eigenvalue weighted by Crippen LogP contribution is -2.06. The highest BCUT2D eigenvalue weighted by Gasteiger charge is 2.21. The third kappa shape index (κ3) is 4.51.